The third-order valence-corrected chi connectivity index (χ3v) is 4.78. The minimum atomic E-state index is 0.245. The maximum atomic E-state index is 12.3. The van der Waals surface area contributed by atoms with E-state index in [4.69, 9.17) is 5.73 Å². The Morgan fingerprint density at radius 3 is 3.11 bits per heavy atom. The normalized spacial score (nSPS) is 24.2. The van der Waals surface area contributed by atoms with Gasteiger partial charge in [-0.1, -0.05) is 13.0 Å². The molecule has 0 bridgehead atoms. The van der Waals surface area contributed by atoms with Crippen LogP contribution in [0.1, 0.15) is 31.1 Å². The lowest BCUT2D eigenvalue weighted by Gasteiger charge is -2.39. The summed E-state index contributed by atoms with van der Waals surface area (Å²) in [6.45, 7) is 3.68. The molecule has 1 aliphatic rings. The van der Waals surface area contributed by atoms with Gasteiger partial charge in [-0.25, -0.2) is 0 Å². The smallest absolute Gasteiger partial charge is 0.223 e. The van der Waals surface area contributed by atoms with E-state index in [1.807, 2.05) is 11.0 Å². The van der Waals surface area contributed by atoms with Gasteiger partial charge in [-0.05, 0) is 36.6 Å². The van der Waals surface area contributed by atoms with Crippen molar-refractivity contribution in [2.45, 2.75) is 38.6 Å². The number of nitrogens with two attached hydrogens (primary N) is 1. The Labute approximate surface area is 113 Å². The first-order valence-electron chi connectivity index (χ1n) is 6.74. The lowest BCUT2D eigenvalue weighted by molar-refractivity contribution is -0.136. The highest BCUT2D eigenvalue weighted by atomic mass is 32.1. The number of piperidine rings is 1. The average Bonchev–Trinajstić information content (AvgIpc) is 2.88. The molecule has 0 aliphatic carbocycles. The van der Waals surface area contributed by atoms with Crippen molar-refractivity contribution < 1.29 is 4.79 Å². The summed E-state index contributed by atoms with van der Waals surface area (Å²) in [5.41, 5.74) is 5.82. The Bertz CT molecular complexity index is 377. The Morgan fingerprint density at radius 2 is 2.44 bits per heavy atom. The van der Waals surface area contributed by atoms with Gasteiger partial charge in [-0.3, -0.25) is 4.79 Å². The summed E-state index contributed by atoms with van der Waals surface area (Å²) in [7, 11) is 0. The maximum Gasteiger partial charge on any atom is 0.223 e. The number of hydrogen-bond donors (Lipinski definition) is 1. The zero-order chi connectivity index (χ0) is 13.0. The van der Waals surface area contributed by atoms with Crippen molar-refractivity contribution in [2.75, 3.05) is 13.1 Å². The number of amides is 1. The Kier molecular flexibility index (Phi) is 4.78. The Hall–Kier alpha value is -0.870. The molecule has 2 N–H and O–H groups in total. The van der Waals surface area contributed by atoms with Gasteiger partial charge in [0.1, 0.15) is 0 Å². The van der Waals surface area contributed by atoms with Crippen molar-refractivity contribution >= 4 is 17.2 Å². The first kappa shape index (κ1) is 13.6. The van der Waals surface area contributed by atoms with Crippen molar-refractivity contribution in [3.63, 3.8) is 0 Å². The van der Waals surface area contributed by atoms with Crippen molar-refractivity contribution in [1.29, 1.82) is 0 Å². The van der Waals surface area contributed by atoms with E-state index < -0.39 is 0 Å². The fourth-order valence-electron chi connectivity index (χ4n) is 2.75. The number of hydrogen-bond acceptors (Lipinski definition) is 3. The summed E-state index contributed by atoms with van der Waals surface area (Å²) >= 11 is 1.72. The molecule has 0 spiro atoms. The van der Waals surface area contributed by atoms with E-state index in [0.29, 0.717) is 18.9 Å². The number of nitrogens with zero attached hydrogens (tertiary/aromatic N) is 1. The van der Waals surface area contributed by atoms with E-state index in [9.17, 15) is 4.79 Å². The van der Waals surface area contributed by atoms with Crippen LogP contribution < -0.4 is 5.73 Å². The molecule has 0 unspecified atom stereocenters. The van der Waals surface area contributed by atoms with E-state index in [0.717, 1.165) is 19.4 Å². The van der Waals surface area contributed by atoms with E-state index >= 15 is 0 Å². The number of carbonyl (C=O) groups excluding carboxylic acids is 1. The zero-order valence-electron chi connectivity index (χ0n) is 11.0. The number of rotatable bonds is 4. The van der Waals surface area contributed by atoms with E-state index in [1.54, 1.807) is 11.3 Å². The summed E-state index contributed by atoms with van der Waals surface area (Å²) in [5.74, 6) is 0.805. The molecule has 1 aromatic rings. The summed E-state index contributed by atoms with van der Waals surface area (Å²) in [6.07, 6.45) is 3.78. The third kappa shape index (κ3) is 3.12. The zero-order valence-corrected chi connectivity index (χ0v) is 11.8. The molecule has 1 aliphatic heterocycles. The van der Waals surface area contributed by atoms with Gasteiger partial charge in [0, 0.05) is 30.4 Å². The lowest BCUT2D eigenvalue weighted by Crippen LogP contribution is -2.51. The Morgan fingerprint density at radius 1 is 1.61 bits per heavy atom. The second-order valence-electron chi connectivity index (χ2n) is 5.09. The van der Waals surface area contributed by atoms with Crippen molar-refractivity contribution in [3.05, 3.63) is 22.4 Å². The number of likely N-dealkylation sites (tertiary alicyclic amines) is 1. The van der Waals surface area contributed by atoms with Crippen LogP contribution in [0.25, 0.3) is 0 Å². The first-order valence-corrected chi connectivity index (χ1v) is 7.62. The molecule has 100 valence electrons. The summed E-state index contributed by atoms with van der Waals surface area (Å²) < 4.78 is 0. The predicted molar refractivity (Wildman–Crippen MR) is 75.6 cm³/mol. The Balaban J connectivity index is 1.90. The molecule has 0 radical (unpaired) electrons. The summed E-state index contributed by atoms with van der Waals surface area (Å²) in [5, 5.41) is 2.06. The highest BCUT2D eigenvalue weighted by Crippen LogP contribution is 2.23. The maximum absolute atomic E-state index is 12.3. The molecule has 0 saturated carbocycles. The third-order valence-electron chi connectivity index (χ3n) is 3.84. The molecule has 1 saturated heterocycles. The van der Waals surface area contributed by atoms with Crippen LogP contribution in [0.2, 0.25) is 0 Å². The molecule has 3 nitrogen and oxygen atoms in total. The molecule has 4 heteroatoms. The molecule has 2 atom stereocenters. The fourth-order valence-corrected chi connectivity index (χ4v) is 3.46. The molecular formula is C14H22N2OS. The van der Waals surface area contributed by atoms with Crippen LogP contribution in [0.3, 0.4) is 0 Å². The van der Waals surface area contributed by atoms with Gasteiger partial charge >= 0.3 is 0 Å². The first-order chi connectivity index (χ1) is 8.72. The van der Waals surface area contributed by atoms with Crippen LogP contribution in [0.4, 0.5) is 0 Å². The number of carbonyl (C=O) groups is 1. The van der Waals surface area contributed by atoms with E-state index in [2.05, 4.69) is 18.4 Å². The van der Waals surface area contributed by atoms with Crippen molar-refractivity contribution in [2.24, 2.45) is 11.7 Å². The second kappa shape index (κ2) is 6.34. The second-order valence-corrected chi connectivity index (χ2v) is 6.12. The van der Waals surface area contributed by atoms with Gasteiger partial charge in [0.25, 0.3) is 0 Å². The summed E-state index contributed by atoms with van der Waals surface area (Å²) in [4.78, 5) is 15.6. The minimum Gasteiger partial charge on any atom is -0.338 e. The standard InChI is InChI=1S/C14H22N2OS/c1-11-4-2-8-16(13(11)10-15)14(17)7-6-12-5-3-9-18-12/h3,5,9,11,13H,2,4,6-8,10,15H2,1H3/t11-,13+/m1/s1. The predicted octanol–water partition coefficient (Wildman–Crippen LogP) is 2.27. The van der Waals surface area contributed by atoms with E-state index in [1.165, 1.54) is 11.3 Å². The molecule has 1 amide bonds. The molecule has 2 heterocycles. The number of thiophene rings is 1. The molecular weight excluding hydrogens is 244 g/mol. The monoisotopic (exact) mass is 266 g/mol. The highest BCUT2D eigenvalue weighted by molar-refractivity contribution is 7.09. The van der Waals surface area contributed by atoms with Crippen molar-refractivity contribution in [3.8, 4) is 0 Å². The largest absolute Gasteiger partial charge is 0.338 e. The fraction of sp³-hybridized carbons (Fsp3) is 0.643. The quantitative estimate of drug-likeness (QED) is 0.908. The minimum absolute atomic E-state index is 0.245. The van der Waals surface area contributed by atoms with Crippen LogP contribution in [0, 0.1) is 5.92 Å². The van der Waals surface area contributed by atoms with Gasteiger partial charge in [0.2, 0.25) is 5.91 Å². The van der Waals surface area contributed by atoms with E-state index in [-0.39, 0.29) is 11.9 Å². The van der Waals surface area contributed by atoms with Gasteiger partial charge in [0.05, 0.1) is 0 Å². The van der Waals surface area contributed by atoms with Crippen LogP contribution in [-0.4, -0.2) is 29.9 Å². The van der Waals surface area contributed by atoms with Crippen LogP contribution >= 0.6 is 11.3 Å². The molecule has 18 heavy (non-hydrogen) atoms. The topological polar surface area (TPSA) is 46.3 Å². The molecule has 2 rings (SSSR count). The van der Waals surface area contributed by atoms with Gasteiger partial charge in [0.15, 0.2) is 0 Å². The van der Waals surface area contributed by atoms with Gasteiger partial charge in [-0.15, -0.1) is 11.3 Å². The van der Waals surface area contributed by atoms with Gasteiger partial charge in [-0.2, -0.15) is 0 Å². The van der Waals surface area contributed by atoms with Gasteiger partial charge < -0.3 is 10.6 Å². The molecule has 0 aromatic carbocycles. The summed E-state index contributed by atoms with van der Waals surface area (Å²) in [6, 6.07) is 4.38. The molecule has 1 fully saturated rings. The van der Waals surface area contributed by atoms with Crippen LogP contribution in [0.5, 0.6) is 0 Å². The highest BCUT2D eigenvalue weighted by Gasteiger charge is 2.30. The SMILES string of the molecule is C[C@@H]1CCCN(C(=O)CCc2cccs2)[C@H]1CN. The number of aryl methyl sites for hydroxylation is 1. The average molecular weight is 266 g/mol. The van der Waals surface area contributed by atoms with Crippen molar-refractivity contribution in [1.82, 2.24) is 4.90 Å². The van der Waals surface area contributed by atoms with Crippen LogP contribution in [0.15, 0.2) is 17.5 Å². The van der Waals surface area contributed by atoms with Crippen LogP contribution in [-0.2, 0) is 11.2 Å². The lowest BCUT2D eigenvalue weighted by atomic mass is 9.90. The molecule has 1 aromatic heterocycles.